The van der Waals surface area contributed by atoms with Gasteiger partial charge in [0.15, 0.2) is 5.11 Å². The van der Waals surface area contributed by atoms with Crippen molar-refractivity contribution in [2.75, 3.05) is 11.4 Å². The summed E-state index contributed by atoms with van der Waals surface area (Å²) < 4.78 is 8.00. The van der Waals surface area contributed by atoms with Crippen molar-refractivity contribution in [1.29, 1.82) is 0 Å². The number of hydrogen-bond acceptors (Lipinski definition) is 4. The lowest BCUT2D eigenvalue weighted by Crippen LogP contribution is -2.56. The van der Waals surface area contributed by atoms with Gasteiger partial charge in [0.2, 0.25) is 0 Å². The lowest BCUT2D eigenvalue weighted by atomic mass is 10.1. The van der Waals surface area contributed by atoms with E-state index >= 15 is 0 Å². The van der Waals surface area contributed by atoms with E-state index in [-0.39, 0.29) is 10.7 Å². The van der Waals surface area contributed by atoms with Crippen LogP contribution in [0.15, 0.2) is 84.4 Å². The number of nitrogens with zero attached hydrogens (tertiary/aromatic N) is 3. The largest absolute Gasteiger partial charge is 0.489 e. The lowest BCUT2D eigenvalue weighted by molar-refractivity contribution is -0.127. The summed E-state index contributed by atoms with van der Waals surface area (Å²) in [6.07, 6.45) is 1.65. The van der Waals surface area contributed by atoms with Crippen LogP contribution in [0.2, 0.25) is 10.0 Å². The maximum Gasteiger partial charge on any atom is 0.270 e. The van der Waals surface area contributed by atoms with E-state index in [0.29, 0.717) is 28.9 Å². The lowest BCUT2D eigenvalue weighted by Gasteiger charge is -2.36. The van der Waals surface area contributed by atoms with Crippen molar-refractivity contribution >= 4 is 64.1 Å². The number of ether oxygens (including phenoxy) is 1. The highest BCUT2D eigenvalue weighted by Gasteiger charge is 2.39. The first-order valence-corrected chi connectivity index (χ1v) is 14.2. The molecule has 4 aromatic rings. The minimum atomic E-state index is -0.475. The van der Waals surface area contributed by atoms with Crippen LogP contribution < -0.4 is 9.64 Å². The van der Waals surface area contributed by atoms with Gasteiger partial charge in [0.25, 0.3) is 11.8 Å². The van der Waals surface area contributed by atoms with Gasteiger partial charge in [-0.25, -0.2) is 0 Å². The van der Waals surface area contributed by atoms with Gasteiger partial charge in [-0.3, -0.25) is 19.4 Å². The first-order chi connectivity index (χ1) is 19.7. The second-order valence-electron chi connectivity index (χ2n) is 9.54. The molecule has 0 bridgehead atoms. The summed E-state index contributed by atoms with van der Waals surface area (Å²) in [7, 11) is 0. The first kappa shape index (κ1) is 28.6. The molecule has 0 aliphatic carbocycles. The molecule has 6 nitrogen and oxygen atoms in total. The number of aryl methyl sites for hydroxylation is 1. The fourth-order valence-corrected chi connectivity index (χ4v) is 5.54. The summed E-state index contributed by atoms with van der Waals surface area (Å²) in [5, 5.41) is 1.35. The number of likely N-dealkylation sites (N-methyl/N-ethyl adjacent to an activating group) is 1. The van der Waals surface area contributed by atoms with E-state index in [0.717, 1.165) is 34.0 Å². The van der Waals surface area contributed by atoms with Crippen molar-refractivity contribution < 1.29 is 14.3 Å². The molecule has 0 spiro atoms. The minimum Gasteiger partial charge on any atom is -0.489 e. The molecule has 1 aliphatic rings. The van der Waals surface area contributed by atoms with Crippen LogP contribution in [0.5, 0.6) is 5.75 Å². The highest BCUT2D eigenvalue weighted by atomic mass is 35.5. The third kappa shape index (κ3) is 5.66. The normalized spacial score (nSPS) is 14.8. The predicted octanol–water partition coefficient (Wildman–Crippen LogP) is 7.54. The SMILES string of the molecule is CCN1C(=O)/C(=C\c2cc(C)n(-c3ccc(OCc4ccccc4Cl)cc3)c2C)C(=O)N(c2ccc(Cl)cc2)C1=S. The topological polar surface area (TPSA) is 54.8 Å². The van der Waals surface area contributed by atoms with E-state index in [9.17, 15) is 9.59 Å². The number of aromatic nitrogens is 1. The molecule has 208 valence electrons. The van der Waals surface area contributed by atoms with Crippen molar-refractivity contribution in [3.05, 3.63) is 117 Å². The van der Waals surface area contributed by atoms with E-state index < -0.39 is 11.8 Å². The molecule has 9 heteroatoms. The van der Waals surface area contributed by atoms with Crippen LogP contribution in [-0.2, 0) is 16.2 Å². The number of thiocarbonyl (C=S) groups is 1. The Morgan fingerprint density at radius 3 is 2.20 bits per heavy atom. The molecule has 41 heavy (non-hydrogen) atoms. The third-order valence-corrected chi connectivity index (χ3v) is 7.97. The summed E-state index contributed by atoms with van der Waals surface area (Å²) in [6, 6.07) is 24.1. The fraction of sp³-hybridized carbons (Fsp3) is 0.156. The Morgan fingerprint density at radius 2 is 1.54 bits per heavy atom. The van der Waals surface area contributed by atoms with Crippen molar-refractivity contribution in [2.45, 2.75) is 27.4 Å². The van der Waals surface area contributed by atoms with Crippen molar-refractivity contribution in [3.63, 3.8) is 0 Å². The number of amides is 2. The summed E-state index contributed by atoms with van der Waals surface area (Å²) in [5.41, 5.74) is 5.02. The zero-order chi connectivity index (χ0) is 29.3. The molecule has 1 aliphatic heterocycles. The standard InChI is InChI=1S/C32H27Cl2N3O3S/c1-4-35-30(38)28(31(39)37(32(35)41)26-11-9-24(33)10-12-26)18-23-17-20(2)36(21(23)3)25-13-15-27(16-14-25)40-19-22-7-5-6-8-29(22)34/h5-18H,4,19H2,1-3H3/b28-18+. The molecule has 1 fully saturated rings. The molecular formula is C32H27Cl2N3O3S. The van der Waals surface area contributed by atoms with Gasteiger partial charge in [0.1, 0.15) is 17.9 Å². The number of carbonyl (C=O) groups excluding carboxylic acids is 2. The average molecular weight is 605 g/mol. The van der Waals surface area contributed by atoms with Crippen LogP contribution >= 0.6 is 35.4 Å². The van der Waals surface area contributed by atoms with Gasteiger partial charge in [-0.1, -0.05) is 41.4 Å². The third-order valence-electron chi connectivity index (χ3n) is 6.95. The highest BCUT2D eigenvalue weighted by molar-refractivity contribution is 7.80. The number of carbonyl (C=O) groups is 2. The van der Waals surface area contributed by atoms with Gasteiger partial charge in [-0.15, -0.1) is 0 Å². The second-order valence-corrected chi connectivity index (χ2v) is 10.8. The van der Waals surface area contributed by atoms with Gasteiger partial charge < -0.3 is 9.30 Å². The molecule has 5 rings (SSSR count). The minimum absolute atomic E-state index is 0.0407. The van der Waals surface area contributed by atoms with E-state index in [2.05, 4.69) is 4.57 Å². The van der Waals surface area contributed by atoms with Crippen LogP contribution in [-0.4, -0.2) is 32.9 Å². The van der Waals surface area contributed by atoms with Crippen LogP contribution in [0.3, 0.4) is 0 Å². The molecule has 2 amide bonds. The van der Waals surface area contributed by atoms with Gasteiger partial charge in [-0.2, -0.15) is 0 Å². The van der Waals surface area contributed by atoms with Crippen LogP contribution in [0.25, 0.3) is 11.8 Å². The zero-order valence-electron chi connectivity index (χ0n) is 22.7. The summed E-state index contributed by atoms with van der Waals surface area (Å²) in [4.78, 5) is 29.8. The smallest absolute Gasteiger partial charge is 0.270 e. The molecule has 0 atom stereocenters. The van der Waals surface area contributed by atoms with Gasteiger partial charge in [0, 0.05) is 39.2 Å². The molecule has 0 radical (unpaired) electrons. The average Bonchev–Trinajstić information content (AvgIpc) is 3.24. The van der Waals surface area contributed by atoms with Crippen LogP contribution in [0.1, 0.15) is 29.4 Å². The van der Waals surface area contributed by atoms with Crippen molar-refractivity contribution in [2.24, 2.45) is 0 Å². The maximum atomic E-state index is 13.7. The van der Waals surface area contributed by atoms with Gasteiger partial charge >= 0.3 is 0 Å². The Balaban J connectivity index is 1.44. The Kier molecular flexibility index (Phi) is 8.31. The predicted molar refractivity (Wildman–Crippen MR) is 168 cm³/mol. The molecule has 1 saturated heterocycles. The summed E-state index contributed by atoms with van der Waals surface area (Å²) in [5.74, 6) is -0.177. The summed E-state index contributed by atoms with van der Waals surface area (Å²) in [6.45, 7) is 6.46. The highest BCUT2D eigenvalue weighted by Crippen LogP contribution is 2.30. The van der Waals surface area contributed by atoms with Crippen LogP contribution in [0.4, 0.5) is 5.69 Å². The molecule has 0 saturated carbocycles. The number of rotatable bonds is 7. The Labute approximate surface area is 254 Å². The Morgan fingerprint density at radius 1 is 0.878 bits per heavy atom. The van der Waals surface area contributed by atoms with E-state index in [1.54, 1.807) is 30.3 Å². The second kappa shape index (κ2) is 11.9. The zero-order valence-corrected chi connectivity index (χ0v) is 25.1. The summed E-state index contributed by atoms with van der Waals surface area (Å²) >= 11 is 17.8. The number of hydrogen-bond donors (Lipinski definition) is 0. The van der Waals surface area contributed by atoms with E-state index in [1.807, 2.05) is 75.4 Å². The maximum absolute atomic E-state index is 13.7. The van der Waals surface area contributed by atoms with E-state index in [1.165, 1.54) is 9.80 Å². The molecule has 0 unspecified atom stereocenters. The first-order valence-electron chi connectivity index (χ1n) is 13.0. The quantitative estimate of drug-likeness (QED) is 0.124. The Hall–Kier alpha value is -3.91. The molecule has 1 aromatic heterocycles. The van der Waals surface area contributed by atoms with Crippen molar-refractivity contribution in [1.82, 2.24) is 9.47 Å². The fourth-order valence-electron chi connectivity index (χ4n) is 4.83. The molecule has 0 N–H and O–H groups in total. The molecule has 2 heterocycles. The van der Waals surface area contributed by atoms with Crippen molar-refractivity contribution in [3.8, 4) is 11.4 Å². The van der Waals surface area contributed by atoms with Gasteiger partial charge in [-0.05, 0) is 105 Å². The van der Waals surface area contributed by atoms with E-state index in [4.69, 9.17) is 40.2 Å². The number of benzene rings is 3. The number of halogens is 2. The van der Waals surface area contributed by atoms with Crippen LogP contribution in [0, 0.1) is 13.8 Å². The molecular weight excluding hydrogens is 577 g/mol. The number of anilines is 1. The molecule has 3 aromatic carbocycles. The Bertz CT molecular complexity index is 1680. The monoisotopic (exact) mass is 603 g/mol. The van der Waals surface area contributed by atoms with Gasteiger partial charge in [0.05, 0.1) is 5.69 Å².